The Morgan fingerprint density at radius 3 is 2.43 bits per heavy atom. The van der Waals surface area contributed by atoms with Gasteiger partial charge in [-0.3, -0.25) is 0 Å². The molecule has 1 aliphatic heterocycles. The molecule has 0 saturated carbocycles. The van der Waals surface area contributed by atoms with Gasteiger partial charge in [-0.25, -0.2) is 0 Å². The monoisotopic (exact) mass is 116 g/mol. The summed E-state index contributed by atoms with van der Waals surface area (Å²) in [6.45, 7) is 1.74. The van der Waals surface area contributed by atoms with Gasteiger partial charge >= 0.3 is 0 Å². The first-order chi connectivity index (χ1) is 3.29. The van der Waals surface area contributed by atoms with Crippen LogP contribution < -0.4 is 5.43 Å². The van der Waals surface area contributed by atoms with Crippen LogP contribution >= 0.6 is 11.6 Å². The summed E-state index contributed by atoms with van der Waals surface area (Å²) in [5.41, 5.74) is 3.42. The number of amidine groups is 2. The van der Waals surface area contributed by atoms with E-state index in [1.165, 1.54) is 0 Å². The van der Waals surface area contributed by atoms with Crippen LogP contribution in [0.5, 0.6) is 0 Å². The maximum atomic E-state index is 5.28. The number of nitrogens with zero attached hydrogens (tertiary/aromatic N) is 3. The zero-order chi connectivity index (χ0) is 5.28. The molecule has 4 heteroatoms. The molecule has 0 aromatic heterocycles. The standard InChI is InChI=1S/C3H3ClN3/c1-2-5-3(4)7-6-2/h1H3. The maximum absolute atomic E-state index is 5.28. The van der Waals surface area contributed by atoms with Crippen LogP contribution in [0.2, 0.25) is 0 Å². The Kier molecular flexibility index (Phi) is 0.982. The van der Waals surface area contributed by atoms with E-state index in [2.05, 4.69) is 15.5 Å². The van der Waals surface area contributed by atoms with E-state index in [-0.39, 0.29) is 5.29 Å². The van der Waals surface area contributed by atoms with Gasteiger partial charge in [-0.05, 0) is 18.5 Å². The second kappa shape index (κ2) is 1.50. The van der Waals surface area contributed by atoms with Gasteiger partial charge in [-0.2, -0.15) is 4.99 Å². The predicted molar refractivity (Wildman–Crippen MR) is 28.5 cm³/mol. The van der Waals surface area contributed by atoms with Gasteiger partial charge in [0.15, 0.2) is 5.84 Å². The fourth-order valence-corrected chi connectivity index (χ4v) is 0.452. The van der Waals surface area contributed by atoms with E-state index in [1.807, 2.05) is 0 Å². The molecule has 0 fully saturated rings. The Balaban J connectivity index is 2.69. The molecule has 0 bridgehead atoms. The normalized spacial score (nSPS) is 18.0. The smallest absolute Gasteiger partial charge is 0.200 e. The lowest BCUT2D eigenvalue weighted by Gasteiger charge is -1.71. The highest BCUT2D eigenvalue weighted by molar-refractivity contribution is 6.65. The third kappa shape index (κ3) is 0.899. The van der Waals surface area contributed by atoms with Gasteiger partial charge in [0.1, 0.15) is 0 Å². The van der Waals surface area contributed by atoms with Crippen LogP contribution in [0.15, 0.2) is 10.1 Å². The number of halogens is 1. The first-order valence-corrected chi connectivity index (χ1v) is 2.16. The molecule has 0 unspecified atom stereocenters. The van der Waals surface area contributed by atoms with Crippen LogP contribution in [0.25, 0.3) is 0 Å². The van der Waals surface area contributed by atoms with Crippen LogP contribution in [0.4, 0.5) is 0 Å². The van der Waals surface area contributed by atoms with E-state index in [4.69, 9.17) is 11.6 Å². The minimum Gasteiger partial charge on any atom is -0.200 e. The molecule has 0 aromatic carbocycles. The number of aliphatic imine (C=N–C) groups is 1. The molecule has 0 atom stereocenters. The van der Waals surface area contributed by atoms with Crippen molar-refractivity contribution in [2.24, 2.45) is 10.1 Å². The average molecular weight is 117 g/mol. The third-order valence-corrected chi connectivity index (χ3v) is 0.691. The molecule has 3 nitrogen and oxygen atoms in total. The fraction of sp³-hybridized carbons (Fsp3) is 0.333. The van der Waals surface area contributed by atoms with Gasteiger partial charge in [0.2, 0.25) is 5.29 Å². The molecule has 1 rings (SSSR count). The zero-order valence-corrected chi connectivity index (χ0v) is 4.48. The van der Waals surface area contributed by atoms with E-state index in [0.29, 0.717) is 5.84 Å². The van der Waals surface area contributed by atoms with Crippen molar-refractivity contribution < 1.29 is 0 Å². The van der Waals surface area contributed by atoms with Crippen molar-refractivity contribution in [1.29, 1.82) is 0 Å². The summed E-state index contributed by atoms with van der Waals surface area (Å²) in [4.78, 5) is 3.65. The Labute approximate surface area is 46.1 Å². The lowest BCUT2D eigenvalue weighted by atomic mass is 10.7. The Morgan fingerprint density at radius 2 is 2.29 bits per heavy atom. The highest BCUT2D eigenvalue weighted by atomic mass is 35.5. The topological polar surface area (TPSA) is 38.8 Å². The van der Waals surface area contributed by atoms with Crippen molar-refractivity contribution in [3.8, 4) is 0 Å². The summed E-state index contributed by atoms with van der Waals surface area (Å²) >= 11 is 5.28. The fourth-order valence-electron chi connectivity index (χ4n) is 0.292. The van der Waals surface area contributed by atoms with Gasteiger partial charge < -0.3 is 0 Å². The molecule has 0 amide bonds. The Hall–Kier alpha value is -0.570. The second-order valence-electron chi connectivity index (χ2n) is 1.13. The van der Waals surface area contributed by atoms with E-state index in [0.717, 1.165) is 0 Å². The van der Waals surface area contributed by atoms with Crippen LogP contribution in [-0.2, 0) is 0 Å². The van der Waals surface area contributed by atoms with Gasteiger partial charge in [0, 0.05) is 0 Å². The van der Waals surface area contributed by atoms with E-state index in [9.17, 15) is 0 Å². The average Bonchev–Trinajstić information content (AvgIpc) is 1.87. The summed E-state index contributed by atoms with van der Waals surface area (Å²) in [6.07, 6.45) is 0. The highest BCUT2D eigenvalue weighted by Crippen LogP contribution is 1.93. The number of hydrogen-bond acceptors (Lipinski definition) is 2. The van der Waals surface area contributed by atoms with Crippen molar-refractivity contribution in [3.63, 3.8) is 0 Å². The molecular formula is C3H3ClN3. The van der Waals surface area contributed by atoms with Crippen molar-refractivity contribution in [2.45, 2.75) is 6.92 Å². The van der Waals surface area contributed by atoms with Crippen LogP contribution in [0.3, 0.4) is 0 Å². The minimum absolute atomic E-state index is 0.220. The highest BCUT2D eigenvalue weighted by Gasteiger charge is 2.01. The maximum Gasteiger partial charge on any atom is 0.244 e. The van der Waals surface area contributed by atoms with Crippen LogP contribution in [0, 0.1) is 0 Å². The molecule has 37 valence electrons. The molecule has 0 spiro atoms. The third-order valence-electron chi connectivity index (χ3n) is 0.531. The van der Waals surface area contributed by atoms with Gasteiger partial charge in [0.25, 0.3) is 0 Å². The van der Waals surface area contributed by atoms with Crippen molar-refractivity contribution in [1.82, 2.24) is 5.43 Å². The molecular weight excluding hydrogens is 114 g/mol. The summed E-state index contributed by atoms with van der Waals surface area (Å²) in [5.74, 6) is 0.616. The van der Waals surface area contributed by atoms with Crippen LogP contribution in [-0.4, -0.2) is 11.1 Å². The SMILES string of the molecule is CC1=N[N]C(Cl)=N1. The lowest BCUT2D eigenvalue weighted by molar-refractivity contribution is 1.05. The summed E-state index contributed by atoms with van der Waals surface area (Å²) in [6, 6.07) is 0. The van der Waals surface area contributed by atoms with Crippen LogP contribution in [0.1, 0.15) is 6.92 Å². The first-order valence-electron chi connectivity index (χ1n) is 1.78. The molecule has 7 heavy (non-hydrogen) atoms. The molecule has 0 N–H and O–H groups in total. The first kappa shape index (κ1) is 4.59. The Bertz CT molecular complexity index is 137. The van der Waals surface area contributed by atoms with Crippen molar-refractivity contribution in [3.05, 3.63) is 0 Å². The molecule has 1 heterocycles. The van der Waals surface area contributed by atoms with Gasteiger partial charge in [0.05, 0.1) is 0 Å². The van der Waals surface area contributed by atoms with E-state index < -0.39 is 0 Å². The minimum atomic E-state index is 0.220. The summed E-state index contributed by atoms with van der Waals surface area (Å²) in [5, 5.41) is 3.74. The number of hydrogen-bond donors (Lipinski definition) is 0. The molecule has 0 aromatic rings. The second-order valence-corrected chi connectivity index (χ2v) is 1.47. The van der Waals surface area contributed by atoms with E-state index in [1.54, 1.807) is 6.92 Å². The van der Waals surface area contributed by atoms with Crippen molar-refractivity contribution in [2.75, 3.05) is 0 Å². The quantitative estimate of drug-likeness (QED) is 0.414. The van der Waals surface area contributed by atoms with Crippen molar-refractivity contribution >= 4 is 22.7 Å². The van der Waals surface area contributed by atoms with E-state index >= 15 is 0 Å². The lowest BCUT2D eigenvalue weighted by Crippen LogP contribution is -1.93. The molecule has 0 saturated heterocycles. The summed E-state index contributed by atoms with van der Waals surface area (Å²) in [7, 11) is 0. The predicted octanol–water partition coefficient (Wildman–Crippen LogP) is 0.533. The molecule has 1 aliphatic rings. The molecule has 1 radical (unpaired) electrons. The zero-order valence-electron chi connectivity index (χ0n) is 3.72. The number of rotatable bonds is 0. The van der Waals surface area contributed by atoms with Gasteiger partial charge in [-0.15, -0.1) is 10.5 Å². The van der Waals surface area contributed by atoms with Gasteiger partial charge in [-0.1, -0.05) is 0 Å². The Morgan fingerprint density at radius 1 is 1.57 bits per heavy atom. The largest absolute Gasteiger partial charge is 0.244 e. The summed E-state index contributed by atoms with van der Waals surface area (Å²) < 4.78 is 0. The molecule has 0 aliphatic carbocycles.